The van der Waals surface area contributed by atoms with E-state index in [9.17, 15) is 0 Å². The molecule has 123 valence electrons. The average molecular weight is 314 g/mol. The highest BCUT2D eigenvalue weighted by atomic mass is 16.5. The molecule has 1 fully saturated rings. The van der Waals surface area contributed by atoms with Gasteiger partial charge in [-0.3, -0.25) is 4.98 Å². The molecule has 1 unspecified atom stereocenters. The van der Waals surface area contributed by atoms with Crippen molar-refractivity contribution in [1.29, 1.82) is 0 Å². The first-order chi connectivity index (χ1) is 11.2. The molecule has 2 aromatic rings. The summed E-state index contributed by atoms with van der Waals surface area (Å²) >= 11 is 0. The molecule has 2 aromatic heterocycles. The Hall–Kier alpha value is -1.88. The van der Waals surface area contributed by atoms with E-state index in [1.165, 1.54) is 5.69 Å². The minimum absolute atomic E-state index is 0.383. The number of aryl methyl sites for hydroxylation is 4. The second kappa shape index (κ2) is 7.13. The fraction of sp³-hybridized carbons (Fsp3) is 0.556. The predicted octanol–water partition coefficient (Wildman–Crippen LogP) is 2.75. The number of oxazole rings is 1. The van der Waals surface area contributed by atoms with Crippen LogP contribution < -0.4 is 4.90 Å². The summed E-state index contributed by atoms with van der Waals surface area (Å²) in [6.45, 7) is 8.72. The van der Waals surface area contributed by atoms with Crippen LogP contribution in [-0.2, 0) is 24.0 Å². The molecule has 0 aliphatic carbocycles. The van der Waals surface area contributed by atoms with Crippen molar-refractivity contribution in [3.63, 3.8) is 0 Å². The van der Waals surface area contributed by atoms with Gasteiger partial charge in [-0.15, -0.1) is 0 Å². The number of anilines is 1. The van der Waals surface area contributed by atoms with Gasteiger partial charge >= 0.3 is 0 Å². The molecule has 0 spiro atoms. The van der Waals surface area contributed by atoms with E-state index in [0.29, 0.717) is 6.04 Å². The SMILES string of the molecule is CCc1oc(CCc2cc(N3CCOCC3C)c[c]n2)nc1C. The van der Waals surface area contributed by atoms with Crippen molar-refractivity contribution in [2.75, 3.05) is 24.7 Å². The van der Waals surface area contributed by atoms with Crippen LogP contribution in [0.4, 0.5) is 5.69 Å². The Morgan fingerprint density at radius 2 is 2.26 bits per heavy atom. The van der Waals surface area contributed by atoms with Gasteiger partial charge in [-0.25, -0.2) is 4.98 Å². The van der Waals surface area contributed by atoms with Crippen molar-refractivity contribution in [1.82, 2.24) is 9.97 Å². The van der Waals surface area contributed by atoms with Gasteiger partial charge in [0.2, 0.25) is 0 Å². The molecule has 1 saturated heterocycles. The summed E-state index contributed by atoms with van der Waals surface area (Å²) in [5.41, 5.74) is 3.19. The molecule has 3 rings (SSSR count). The summed E-state index contributed by atoms with van der Waals surface area (Å²) in [6, 6.07) is 4.49. The zero-order chi connectivity index (χ0) is 16.2. The summed E-state index contributed by atoms with van der Waals surface area (Å²) in [5, 5.41) is 0. The lowest BCUT2D eigenvalue weighted by Gasteiger charge is -2.35. The van der Waals surface area contributed by atoms with E-state index < -0.39 is 0 Å². The van der Waals surface area contributed by atoms with Gasteiger partial charge < -0.3 is 14.1 Å². The predicted molar refractivity (Wildman–Crippen MR) is 88.7 cm³/mol. The molecule has 23 heavy (non-hydrogen) atoms. The topological polar surface area (TPSA) is 51.4 Å². The maximum atomic E-state index is 5.77. The molecule has 5 heteroatoms. The van der Waals surface area contributed by atoms with Crippen LogP contribution in [0.2, 0.25) is 0 Å². The Morgan fingerprint density at radius 1 is 1.39 bits per heavy atom. The fourth-order valence-corrected chi connectivity index (χ4v) is 2.99. The number of morpholine rings is 1. The van der Waals surface area contributed by atoms with Gasteiger partial charge in [0.25, 0.3) is 0 Å². The Bertz CT molecular complexity index is 653. The number of ether oxygens (including phenoxy) is 1. The van der Waals surface area contributed by atoms with Gasteiger partial charge in [0, 0.05) is 36.8 Å². The van der Waals surface area contributed by atoms with Gasteiger partial charge in [0.1, 0.15) is 5.76 Å². The zero-order valence-corrected chi connectivity index (χ0v) is 14.1. The highest BCUT2D eigenvalue weighted by Crippen LogP contribution is 2.20. The van der Waals surface area contributed by atoms with E-state index in [1.807, 2.05) is 13.0 Å². The average Bonchev–Trinajstić information content (AvgIpc) is 2.94. The van der Waals surface area contributed by atoms with Gasteiger partial charge in [0.15, 0.2) is 5.89 Å². The lowest BCUT2D eigenvalue weighted by atomic mass is 10.1. The van der Waals surface area contributed by atoms with E-state index in [1.54, 1.807) is 0 Å². The van der Waals surface area contributed by atoms with Gasteiger partial charge in [0.05, 0.1) is 25.1 Å². The third-order valence-electron chi connectivity index (χ3n) is 4.29. The lowest BCUT2D eigenvalue weighted by molar-refractivity contribution is 0.0989. The first kappa shape index (κ1) is 16.0. The lowest BCUT2D eigenvalue weighted by Crippen LogP contribution is -2.43. The fourth-order valence-electron chi connectivity index (χ4n) is 2.99. The summed E-state index contributed by atoms with van der Waals surface area (Å²) in [6.07, 6.45) is 5.49. The summed E-state index contributed by atoms with van der Waals surface area (Å²) in [5.74, 6) is 1.78. The molecule has 1 atom stereocenters. The summed E-state index contributed by atoms with van der Waals surface area (Å²) in [4.78, 5) is 11.2. The van der Waals surface area contributed by atoms with Crippen LogP contribution in [0.5, 0.6) is 0 Å². The van der Waals surface area contributed by atoms with E-state index in [-0.39, 0.29) is 0 Å². The number of nitrogens with zero attached hydrogens (tertiary/aromatic N) is 3. The Morgan fingerprint density at radius 3 is 3.00 bits per heavy atom. The molecule has 1 radical (unpaired) electrons. The van der Waals surface area contributed by atoms with Crippen LogP contribution in [0.25, 0.3) is 0 Å². The Labute approximate surface area is 137 Å². The van der Waals surface area contributed by atoms with Crippen LogP contribution in [0.1, 0.15) is 36.9 Å². The molecule has 3 heterocycles. The van der Waals surface area contributed by atoms with Crippen LogP contribution in [0.15, 0.2) is 16.5 Å². The Balaban J connectivity index is 1.67. The largest absolute Gasteiger partial charge is 0.445 e. The smallest absolute Gasteiger partial charge is 0.195 e. The molecule has 0 saturated carbocycles. The van der Waals surface area contributed by atoms with Crippen LogP contribution in [-0.4, -0.2) is 35.8 Å². The highest BCUT2D eigenvalue weighted by molar-refractivity contribution is 5.47. The molecular weight excluding hydrogens is 290 g/mol. The second-order valence-electron chi connectivity index (χ2n) is 6.03. The van der Waals surface area contributed by atoms with Crippen molar-refractivity contribution < 1.29 is 9.15 Å². The van der Waals surface area contributed by atoms with Crippen LogP contribution in [0, 0.1) is 13.1 Å². The second-order valence-corrected chi connectivity index (χ2v) is 6.03. The summed E-state index contributed by atoms with van der Waals surface area (Å²) < 4.78 is 11.3. The number of hydrogen-bond donors (Lipinski definition) is 0. The summed E-state index contributed by atoms with van der Waals surface area (Å²) in [7, 11) is 0. The molecule has 5 nitrogen and oxygen atoms in total. The number of pyridine rings is 1. The molecule has 0 aromatic carbocycles. The van der Waals surface area contributed by atoms with E-state index in [2.05, 4.69) is 41.0 Å². The van der Waals surface area contributed by atoms with E-state index in [0.717, 1.165) is 62.1 Å². The maximum absolute atomic E-state index is 5.77. The van der Waals surface area contributed by atoms with Crippen LogP contribution >= 0.6 is 0 Å². The van der Waals surface area contributed by atoms with Crippen molar-refractivity contribution in [3.05, 3.63) is 41.4 Å². The number of hydrogen-bond acceptors (Lipinski definition) is 5. The Kier molecular flexibility index (Phi) is 4.96. The van der Waals surface area contributed by atoms with Crippen LogP contribution in [0.3, 0.4) is 0 Å². The van der Waals surface area contributed by atoms with E-state index in [4.69, 9.17) is 9.15 Å². The maximum Gasteiger partial charge on any atom is 0.195 e. The molecule has 0 bridgehead atoms. The quantitative estimate of drug-likeness (QED) is 0.849. The first-order valence-corrected chi connectivity index (χ1v) is 8.34. The van der Waals surface area contributed by atoms with E-state index >= 15 is 0 Å². The third kappa shape index (κ3) is 3.72. The molecule has 0 amide bonds. The number of aromatic nitrogens is 2. The monoisotopic (exact) mass is 314 g/mol. The normalized spacial score (nSPS) is 18.4. The molecule has 1 aliphatic rings. The standard InChI is InChI=1S/C18H24N3O2/c1-4-17-14(3)20-18(23-17)6-5-15-11-16(7-8-19-15)21-9-10-22-12-13(21)2/h7,11,13H,4-6,9-10,12H2,1-3H3. The van der Waals surface area contributed by atoms with Gasteiger partial charge in [-0.05, 0) is 32.4 Å². The van der Waals surface area contributed by atoms with Gasteiger partial charge in [-0.2, -0.15) is 0 Å². The van der Waals surface area contributed by atoms with Gasteiger partial charge in [-0.1, -0.05) is 6.92 Å². The number of rotatable bonds is 5. The zero-order valence-electron chi connectivity index (χ0n) is 14.1. The minimum Gasteiger partial charge on any atom is -0.445 e. The van der Waals surface area contributed by atoms with Crippen molar-refractivity contribution >= 4 is 5.69 Å². The highest BCUT2D eigenvalue weighted by Gasteiger charge is 2.19. The molecule has 1 aliphatic heterocycles. The molecular formula is C18H24N3O2. The minimum atomic E-state index is 0.383. The first-order valence-electron chi connectivity index (χ1n) is 8.34. The van der Waals surface area contributed by atoms with Crippen molar-refractivity contribution in [3.8, 4) is 0 Å². The van der Waals surface area contributed by atoms with Crippen molar-refractivity contribution in [2.45, 2.75) is 46.1 Å². The van der Waals surface area contributed by atoms with Crippen molar-refractivity contribution in [2.24, 2.45) is 0 Å². The molecule has 0 N–H and O–H groups in total. The third-order valence-corrected chi connectivity index (χ3v) is 4.29.